The Morgan fingerprint density at radius 3 is 2.81 bits per heavy atom. The van der Waals surface area contributed by atoms with Gasteiger partial charge in [-0.15, -0.1) is 0 Å². The SMILES string of the molecule is O=C(N/C=C/c1ccccc1F)NC1CC1. The van der Waals surface area contributed by atoms with Gasteiger partial charge in [-0.05, 0) is 25.0 Å². The Morgan fingerprint density at radius 2 is 2.12 bits per heavy atom. The average molecular weight is 220 g/mol. The fourth-order valence-electron chi connectivity index (χ4n) is 1.27. The lowest BCUT2D eigenvalue weighted by Gasteiger charge is -2.01. The van der Waals surface area contributed by atoms with E-state index in [2.05, 4.69) is 10.6 Å². The maximum absolute atomic E-state index is 13.2. The monoisotopic (exact) mass is 220 g/mol. The second-order valence-electron chi connectivity index (χ2n) is 3.75. The zero-order chi connectivity index (χ0) is 11.4. The summed E-state index contributed by atoms with van der Waals surface area (Å²) in [5, 5.41) is 5.29. The van der Waals surface area contributed by atoms with E-state index in [0.717, 1.165) is 12.8 Å². The molecule has 2 N–H and O–H groups in total. The van der Waals surface area contributed by atoms with Gasteiger partial charge < -0.3 is 10.6 Å². The molecule has 1 fully saturated rings. The first kappa shape index (κ1) is 10.7. The van der Waals surface area contributed by atoms with E-state index in [9.17, 15) is 9.18 Å². The molecule has 0 aromatic heterocycles. The van der Waals surface area contributed by atoms with Crippen LogP contribution in [0.25, 0.3) is 6.08 Å². The van der Waals surface area contributed by atoms with Gasteiger partial charge in [0.1, 0.15) is 5.82 Å². The Labute approximate surface area is 93.4 Å². The predicted molar refractivity (Wildman–Crippen MR) is 60.1 cm³/mol. The summed E-state index contributed by atoms with van der Waals surface area (Å²) in [4.78, 5) is 11.2. The Morgan fingerprint density at radius 1 is 1.38 bits per heavy atom. The van der Waals surface area contributed by atoms with Gasteiger partial charge in [0.2, 0.25) is 0 Å². The fourth-order valence-corrected chi connectivity index (χ4v) is 1.27. The van der Waals surface area contributed by atoms with Crippen molar-refractivity contribution in [3.63, 3.8) is 0 Å². The highest BCUT2D eigenvalue weighted by Crippen LogP contribution is 2.18. The van der Waals surface area contributed by atoms with E-state index in [1.807, 2.05) is 0 Å². The number of rotatable bonds is 3. The molecule has 0 heterocycles. The van der Waals surface area contributed by atoms with Crippen LogP contribution >= 0.6 is 0 Å². The van der Waals surface area contributed by atoms with Crippen molar-refractivity contribution in [2.75, 3.05) is 0 Å². The lowest BCUT2D eigenvalue weighted by Crippen LogP contribution is -2.33. The minimum atomic E-state index is -0.303. The van der Waals surface area contributed by atoms with Crippen molar-refractivity contribution in [1.29, 1.82) is 0 Å². The van der Waals surface area contributed by atoms with Crippen LogP contribution in [0.15, 0.2) is 30.5 Å². The standard InChI is InChI=1S/C12H13FN2O/c13-11-4-2-1-3-9(11)7-8-14-12(16)15-10-5-6-10/h1-4,7-8,10H,5-6H2,(H2,14,15,16)/b8-7+. The van der Waals surface area contributed by atoms with Gasteiger partial charge in [0.25, 0.3) is 0 Å². The summed E-state index contributed by atoms with van der Waals surface area (Å²) in [7, 11) is 0. The maximum Gasteiger partial charge on any atom is 0.318 e. The number of carbonyl (C=O) groups is 1. The van der Waals surface area contributed by atoms with Crippen LogP contribution in [-0.2, 0) is 0 Å². The number of hydrogen-bond acceptors (Lipinski definition) is 1. The molecule has 0 saturated heterocycles. The molecule has 16 heavy (non-hydrogen) atoms. The van der Waals surface area contributed by atoms with Crippen LogP contribution in [0.1, 0.15) is 18.4 Å². The van der Waals surface area contributed by atoms with Crippen LogP contribution < -0.4 is 10.6 Å². The molecule has 3 nitrogen and oxygen atoms in total. The number of benzene rings is 1. The van der Waals surface area contributed by atoms with Crippen molar-refractivity contribution in [3.05, 3.63) is 41.8 Å². The predicted octanol–water partition coefficient (Wildman–Crippen LogP) is 2.26. The first-order valence-electron chi connectivity index (χ1n) is 5.24. The van der Waals surface area contributed by atoms with Gasteiger partial charge in [-0.3, -0.25) is 0 Å². The smallest absolute Gasteiger partial charge is 0.318 e. The Balaban J connectivity index is 1.84. The number of halogens is 1. The van der Waals surface area contributed by atoms with E-state index in [1.165, 1.54) is 18.3 Å². The van der Waals surface area contributed by atoms with E-state index < -0.39 is 0 Å². The molecule has 0 atom stereocenters. The van der Waals surface area contributed by atoms with Crippen LogP contribution in [0.4, 0.5) is 9.18 Å². The molecule has 1 aromatic rings. The van der Waals surface area contributed by atoms with Crippen LogP contribution in [0.5, 0.6) is 0 Å². The van der Waals surface area contributed by atoms with Crippen LogP contribution in [-0.4, -0.2) is 12.1 Å². The van der Waals surface area contributed by atoms with Gasteiger partial charge in [0.05, 0.1) is 0 Å². The molecule has 1 aliphatic carbocycles. The largest absolute Gasteiger partial charge is 0.335 e. The third kappa shape index (κ3) is 3.08. The van der Waals surface area contributed by atoms with Crippen LogP contribution in [0, 0.1) is 5.82 Å². The Kier molecular flexibility index (Phi) is 3.19. The zero-order valence-electron chi connectivity index (χ0n) is 8.74. The molecular formula is C12H13FN2O. The van der Waals surface area contributed by atoms with Gasteiger partial charge in [-0.2, -0.15) is 0 Å². The number of hydrogen-bond donors (Lipinski definition) is 2. The van der Waals surface area contributed by atoms with E-state index in [1.54, 1.807) is 18.2 Å². The van der Waals surface area contributed by atoms with Crippen LogP contribution in [0.3, 0.4) is 0 Å². The minimum Gasteiger partial charge on any atom is -0.335 e. The summed E-state index contributed by atoms with van der Waals surface area (Å²) in [6.45, 7) is 0. The first-order chi connectivity index (χ1) is 7.75. The van der Waals surface area contributed by atoms with E-state index >= 15 is 0 Å². The first-order valence-corrected chi connectivity index (χ1v) is 5.24. The van der Waals surface area contributed by atoms with Gasteiger partial charge >= 0.3 is 6.03 Å². The number of amides is 2. The van der Waals surface area contributed by atoms with Crippen molar-refractivity contribution in [2.45, 2.75) is 18.9 Å². The molecule has 1 aromatic carbocycles. The Hall–Kier alpha value is -1.84. The molecule has 0 aliphatic heterocycles. The van der Waals surface area contributed by atoms with Crippen molar-refractivity contribution in [3.8, 4) is 0 Å². The minimum absolute atomic E-state index is 0.241. The van der Waals surface area contributed by atoms with E-state index in [4.69, 9.17) is 0 Å². The average Bonchev–Trinajstić information content (AvgIpc) is 3.05. The lowest BCUT2D eigenvalue weighted by atomic mass is 10.2. The van der Waals surface area contributed by atoms with Gasteiger partial charge in [-0.25, -0.2) is 9.18 Å². The van der Waals surface area contributed by atoms with Crippen molar-refractivity contribution >= 4 is 12.1 Å². The highest BCUT2D eigenvalue weighted by atomic mass is 19.1. The summed E-state index contributed by atoms with van der Waals surface area (Å²) in [5.74, 6) is -0.303. The van der Waals surface area contributed by atoms with E-state index in [-0.39, 0.29) is 11.8 Å². The topological polar surface area (TPSA) is 41.1 Å². The third-order valence-corrected chi connectivity index (χ3v) is 2.30. The molecule has 4 heteroatoms. The number of carbonyl (C=O) groups excluding carboxylic acids is 1. The lowest BCUT2D eigenvalue weighted by molar-refractivity contribution is 0.244. The molecular weight excluding hydrogens is 207 g/mol. The summed E-state index contributed by atoms with van der Waals surface area (Å²) < 4.78 is 13.2. The fraction of sp³-hybridized carbons (Fsp3) is 0.250. The van der Waals surface area contributed by atoms with E-state index in [0.29, 0.717) is 11.6 Å². The molecule has 0 spiro atoms. The Bertz CT molecular complexity index is 413. The van der Waals surface area contributed by atoms with Gasteiger partial charge in [0.15, 0.2) is 0 Å². The second-order valence-corrected chi connectivity index (χ2v) is 3.75. The molecule has 0 bridgehead atoms. The van der Waals surface area contributed by atoms with Gasteiger partial charge in [0, 0.05) is 17.8 Å². The molecule has 2 amide bonds. The summed E-state index contributed by atoms with van der Waals surface area (Å²) in [5.41, 5.74) is 0.453. The van der Waals surface area contributed by atoms with Crippen molar-refractivity contribution in [1.82, 2.24) is 10.6 Å². The summed E-state index contributed by atoms with van der Waals surface area (Å²) >= 11 is 0. The molecule has 1 aliphatic rings. The number of nitrogens with one attached hydrogen (secondary N) is 2. The maximum atomic E-state index is 13.2. The normalized spacial score (nSPS) is 15.1. The molecule has 2 rings (SSSR count). The van der Waals surface area contributed by atoms with Gasteiger partial charge in [-0.1, -0.05) is 18.2 Å². The molecule has 0 unspecified atom stereocenters. The number of urea groups is 1. The van der Waals surface area contributed by atoms with Crippen molar-refractivity contribution < 1.29 is 9.18 Å². The second kappa shape index (κ2) is 4.79. The summed E-state index contributed by atoms with van der Waals surface area (Å²) in [6.07, 6.45) is 5.06. The van der Waals surface area contributed by atoms with Crippen molar-refractivity contribution in [2.24, 2.45) is 0 Å². The molecule has 84 valence electrons. The molecule has 1 saturated carbocycles. The third-order valence-electron chi connectivity index (χ3n) is 2.30. The zero-order valence-corrected chi connectivity index (χ0v) is 8.74. The van der Waals surface area contributed by atoms with Crippen LogP contribution in [0.2, 0.25) is 0 Å². The molecule has 0 radical (unpaired) electrons. The summed E-state index contributed by atoms with van der Waals surface area (Å²) in [6, 6.07) is 6.47. The quantitative estimate of drug-likeness (QED) is 0.806. The highest BCUT2D eigenvalue weighted by molar-refractivity contribution is 5.76. The highest BCUT2D eigenvalue weighted by Gasteiger charge is 2.22.